The predicted octanol–water partition coefficient (Wildman–Crippen LogP) is 2.34. The standard InChI is InChI=1S/C5H8Cl2O/c1-8-5(7)3-2-4-6/h2,4-5H,3H2,1H3/b4-2+. The van der Waals surface area contributed by atoms with Gasteiger partial charge in [0.25, 0.3) is 0 Å². The van der Waals surface area contributed by atoms with Crippen molar-refractivity contribution in [2.45, 2.75) is 12.0 Å². The minimum absolute atomic E-state index is 0.245. The Labute approximate surface area is 59.2 Å². The van der Waals surface area contributed by atoms with E-state index in [1.54, 1.807) is 13.2 Å². The lowest BCUT2D eigenvalue weighted by atomic mass is 10.4. The Bertz CT molecular complexity index is 72.8. The van der Waals surface area contributed by atoms with Crippen molar-refractivity contribution in [3.63, 3.8) is 0 Å². The molecule has 0 N–H and O–H groups in total. The Kier molecular flexibility index (Phi) is 5.61. The van der Waals surface area contributed by atoms with Gasteiger partial charge in [0.2, 0.25) is 0 Å². The van der Waals surface area contributed by atoms with Gasteiger partial charge in [-0.2, -0.15) is 0 Å². The minimum atomic E-state index is -0.245. The van der Waals surface area contributed by atoms with Crippen LogP contribution in [0.25, 0.3) is 0 Å². The number of methoxy groups -OCH3 is 1. The molecule has 1 atom stereocenters. The van der Waals surface area contributed by atoms with Crippen LogP contribution in [0.3, 0.4) is 0 Å². The van der Waals surface area contributed by atoms with Crippen molar-refractivity contribution in [2.75, 3.05) is 7.11 Å². The maximum atomic E-state index is 5.51. The van der Waals surface area contributed by atoms with Gasteiger partial charge in [-0.15, -0.1) is 0 Å². The van der Waals surface area contributed by atoms with E-state index in [1.807, 2.05) is 0 Å². The monoisotopic (exact) mass is 154 g/mol. The van der Waals surface area contributed by atoms with Gasteiger partial charge in [-0.25, -0.2) is 0 Å². The Balaban J connectivity index is 3.10. The van der Waals surface area contributed by atoms with Gasteiger partial charge >= 0.3 is 0 Å². The van der Waals surface area contributed by atoms with Crippen LogP contribution in [0.2, 0.25) is 0 Å². The summed E-state index contributed by atoms with van der Waals surface area (Å²) in [6, 6.07) is 0. The molecule has 0 aliphatic heterocycles. The lowest BCUT2D eigenvalue weighted by Gasteiger charge is -2.00. The summed E-state index contributed by atoms with van der Waals surface area (Å²) in [5, 5.41) is 0. The third kappa shape index (κ3) is 4.44. The molecule has 1 nitrogen and oxygen atoms in total. The van der Waals surface area contributed by atoms with Crippen LogP contribution >= 0.6 is 23.2 Å². The molecular weight excluding hydrogens is 147 g/mol. The molecule has 8 heavy (non-hydrogen) atoms. The molecule has 0 heterocycles. The van der Waals surface area contributed by atoms with E-state index in [0.717, 1.165) is 0 Å². The summed E-state index contributed by atoms with van der Waals surface area (Å²) >= 11 is 10.7. The molecule has 0 aliphatic carbocycles. The average molecular weight is 155 g/mol. The largest absolute Gasteiger partial charge is 0.365 e. The summed E-state index contributed by atoms with van der Waals surface area (Å²) in [6.45, 7) is 0. The highest BCUT2D eigenvalue weighted by Gasteiger charge is 1.94. The molecule has 3 heteroatoms. The van der Waals surface area contributed by atoms with Gasteiger partial charge in [0.1, 0.15) is 5.56 Å². The lowest BCUT2D eigenvalue weighted by molar-refractivity contribution is 0.170. The Morgan fingerprint density at radius 2 is 2.38 bits per heavy atom. The number of ether oxygens (including phenoxy) is 1. The predicted molar refractivity (Wildman–Crippen MR) is 36.3 cm³/mol. The third-order valence-corrected chi connectivity index (χ3v) is 1.20. The first kappa shape index (κ1) is 8.28. The maximum Gasteiger partial charge on any atom is 0.134 e. The molecule has 0 aromatic carbocycles. The maximum absolute atomic E-state index is 5.51. The minimum Gasteiger partial charge on any atom is -0.365 e. The van der Waals surface area contributed by atoms with Crippen LogP contribution in [0.4, 0.5) is 0 Å². The second-order valence-electron chi connectivity index (χ2n) is 1.24. The first-order chi connectivity index (χ1) is 3.81. The first-order valence-electron chi connectivity index (χ1n) is 2.23. The van der Waals surface area contributed by atoms with Crippen LogP contribution in [-0.2, 0) is 4.74 Å². The third-order valence-electron chi connectivity index (χ3n) is 0.666. The zero-order valence-electron chi connectivity index (χ0n) is 4.60. The van der Waals surface area contributed by atoms with Gasteiger partial charge in [0, 0.05) is 19.1 Å². The highest BCUT2D eigenvalue weighted by Crippen LogP contribution is 2.02. The van der Waals surface area contributed by atoms with Gasteiger partial charge < -0.3 is 4.74 Å². The smallest absolute Gasteiger partial charge is 0.134 e. The molecule has 1 unspecified atom stereocenters. The van der Waals surface area contributed by atoms with E-state index < -0.39 is 0 Å². The highest BCUT2D eigenvalue weighted by atomic mass is 35.5. The number of alkyl halides is 1. The van der Waals surface area contributed by atoms with Gasteiger partial charge in [-0.05, 0) is 0 Å². The number of rotatable bonds is 3. The summed E-state index contributed by atoms with van der Waals surface area (Å²) < 4.78 is 4.71. The first-order valence-corrected chi connectivity index (χ1v) is 3.10. The average Bonchev–Trinajstić information content (AvgIpc) is 1.83. The van der Waals surface area contributed by atoms with E-state index in [-0.39, 0.29) is 5.56 Å². The molecule has 0 aromatic rings. The van der Waals surface area contributed by atoms with Crippen LogP contribution in [0.15, 0.2) is 11.6 Å². The van der Waals surface area contributed by atoms with E-state index >= 15 is 0 Å². The Morgan fingerprint density at radius 3 is 2.75 bits per heavy atom. The Morgan fingerprint density at radius 1 is 1.75 bits per heavy atom. The quantitative estimate of drug-likeness (QED) is 0.568. The molecule has 0 aromatic heterocycles. The number of halogens is 2. The summed E-state index contributed by atoms with van der Waals surface area (Å²) in [6.07, 6.45) is 2.39. The van der Waals surface area contributed by atoms with Crippen molar-refractivity contribution >= 4 is 23.2 Å². The van der Waals surface area contributed by atoms with Gasteiger partial charge in [-0.1, -0.05) is 29.3 Å². The molecule has 0 amide bonds. The number of hydrogen-bond acceptors (Lipinski definition) is 1. The van der Waals surface area contributed by atoms with Gasteiger partial charge in [0.15, 0.2) is 0 Å². The van der Waals surface area contributed by atoms with E-state index in [2.05, 4.69) is 0 Å². The highest BCUT2D eigenvalue weighted by molar-refractivity contribution is 6.25. The van der Waals surface area contributed by atoms with Crippen LogP contribution in [0, 0.1) is 0 Å². The van der Waals surface area contributed by atoms with Crippen molar-refractivity contribution in [3.05, 3.63) is 11.6 Å². The van der Waals surface area contributed by atoms with Gasteiger partial charge in [-0.3, -0.25) is 0 Å². The summed E-state index contributed by atoms with van der Waals surface area (Å²) in [7, 11) is 1.56. The lowest BCUT2D eigenvalue weighted by Crippen LogP contribution is -1.97. The van der Waals surface area contributed by atoms with Crippen molar-refractivity contribution in [3.8, 4) is 0 Å². The fourth-order valence-corrected chi connectivity index (χ4v) is 0.460. The van der Waals surface area contributed by atoms with Crippen LogP contribution in [0.5, 0.6) is 0 Å². The SMILES string of the molecule is COC(Cl)C/C=C/Cl. The summed E-state index contributed by atoms with van der Waals surface area (Å²) in [4.78, 5) is 0. The summed E-state index contributed by atoms with van der Waals surface area (Å²) in [5.74, 6) is 0. The molecule has 0 rings (SSSR count). The fraction of sp³-hybridized carbons (Fsp3) is 0.600. The number of hydrogen-bond donors (Lipinski definition) is 0. The topological polar surface area (TPSA) is 9.23 Å². The molecule has 0 spiro atoms. The zero-order valence-corrected chi connectivity index (χ0v) is 6.12. The molecule has 48 valence electrons. The van der Waals surface area contributed by atoms with Crippen molar-refractivity contribution in [1.82, 2.24) is 0 Å². The van der Waals surface area contributed by atoms with Crippen LogP contribution in [0.1, 0.15) is 6.42 Å². The molecule has 0 fully saturated rings. The van der Waals surface area contributed by atoms with E-state index in [0.29, 0.717) is 6.42 Å². The van der Waals surface area contributed by atoms with E-state index in [4.69, 9.17) is 27.9 Å². The summed E-state index contributed by atoms with van der Waals surface area (Å²) in [5.41, 5.74) is 1.18. The van der Waals surface area contributed by atoms with E-state index in [1.165, 1.54) is 5.54 Å². The molecule has 0 saturated heterocycles. The van der Waals surface area contributed by atoms with Crippen LogP contribution in [-0.4, -0.2) is 12.7 Å². The molecule has 0 radical (unpaired) electrons. The van der Waals surface area contributed by atoms with Crippen LogP contribution < -0.4 is 0 Å². The second-order valence-corrected chi connectivity index (χ2v) is 1.98. The zero-order chi connectivity index (χ0) is 6.41. The van der Waals surface area contributed by atoms with Gasteiger partial charge in [0.05, 0.1) is 0 Å². The van der Waals surface area contributed by atoms with Crippen molar-refractivity contribution in [1.29, 1.82) is 0 Å². The normalized spacial score (nSPS) is 14.9. The molecular formula is C5H8Cl2O. The molecule has 0 aliphatic rings. The Hall–Kier alpha value is 0.280. The van der Waals surface area contributed by atoms with Crippen molar-refractivity contribution < 1.29 is 4.74 Å². The van der Waals surface area contributed by atoms with E-state index in [9.17, 15) is 0 Å². The second kappa shape index (κ2) is 5.42. The molecule has 0 saturated carbocycles. The molecule has 0 bridgehead atoms. The fourth-order valence-electron chi connectivity index (χ4n) is 0.255. The van der Waals surface area contributed by atoms with Crippen molar-refractivity contribution in [2.24, 2.45) is 0 Å².